The molecule has 1 N–H and O–H groups in total. The Kier molecular flexibility index (Phi) is 4.65. The molecule has 0 unspecified atom stereocenters. The number of ketones is 1. The number of carbonyl (C=O) groups excluding carboxylic acids is 1. The molecule has 6 nitrogen and oxygen atoms in total. The third-order valence-corrected chi connectivity index (χ3v) is 6.80. The van der Waals surface area contributed by atoms with Crippen LogP contribution in [0.2, 0.25) is 0 Å². The van der Waals surface area contributed by atoms with E-state index in [1.54, 1.807) is 54.6 Å². The predicted octanol–water partition coefficient (Wildman–Crippen LogP) is 3.97. The van der Waals surface area contributed by atoms with Gasteiger partial charge in [0.05, 0.1) is 16.5 Å². The van der Waals surface area contributed by atoms with E-state index in [0.717, 1.165) is 9.87 Å². The molecule has 148 valence electrons. The first-order valence-electron chi connectivity index (χ1n) is 9.01. The second kappa shape index (κ2) is 7.17. The Labute approximate surface area is 174 Å². The summed E-state index contributed by atoms with van der Waals surface area (Å²) in [6, 6.07) is 21.7. The number of hydrogen-bond acceptors (Lipinski definition) is 5. The summed E-state index contributed by atoms with van der Waals surface area (Å²) < 4.78 is 26.5. The van der Waals surface area contributed by atoms with Gasteiger partial charge in [-0.1, -0.05) is 42.5 Å². The van der Waals surface area contributed by atoms with Gasteiger partial charge in [-0.25, -0.2) is 8.42 Å². The first kappa shape index (κ1) is 19.4. The quantitative estimate of drug-likeness (QED) is 0.652. The Morgan fingerprint density at radius 2 is 1.63 bits per heavy atom. The SMILES string of the molecule is CN1C(C(=O)c2cccc(-c3cccc(C#N)c3)c2)=C(O)c2ccccc2S1(=O)=O. The number of benzene rings is 3. The molecule has 0 saturated carbocycles. The molecule has 1 heterocycles. The van der Waals surface area contributed by atoms with Crippen LogP contribution in [-0.4, -0.2) is 30.7 Å². The predicted molar refractivity (Wildman–Crippen MR) is 112 cm³/mol. The van der Waals surface area contributed by atoms with E-state index in [9.17, 15) is 18.3 Å². The Balaban J connectivity index is 1.83. The minimum absolute atomic E-state index is 0.0522. The fraction of sp³-hybridized carbons (Fsp3) is 0.0435. The number of allylic oxidation sites excluding steroid dienone is 1. The summed E-state index contributed by atoms with van der Waals surface area (Å²) in [5.41, 5.74) is 1.93. The van der Waals surface area contributed by atoms with Crippen molar-refractivity contribution in [3.63, 3.8) is 0 Å². The molecule has 0 atom stereocenters. The fourth-order valence-electron chi connectivity index (χ4n) is 3.43. The number of Topliss-reactive ketones (excluding diaryl/α,β-unsaturated/α-hetero) is 1. The molecule has 1 aliphatic rings. The first-order chi connectivity index (χ1) is 14.3. The van der Waals surface area contributed by atoms with Gasteiger partial charge in [0.25, 0.3) is 10.0 Å². The molecule has 0 bridgehead atoms. The van der Waals surface area contributed by atoms with Crippen LogP contribution in [0.15, 0.2) is 83.4 Å². The van der Waals surface area contributed by atoms with E-state index in [2.05, 4.69) is 6.07 Å². The normalized spacial score (nSPS) is 14.7. The van der Waals surface area contributed by atoms with Crippen LogP contribution >= 0.6 is 0 Å². The summed E-state index contributed by atoms with van der Waals surface area (Å²) in [6.45, 7) is 0. The van der Waals surface area contributed by atoms with Crippen molar-refractivity contribution in [1.29, 1.82) is 5.26 Å². The van der Waals surface area contributed by atoms with Crippen LogP contribution in [0.3, 0.4) is 0 Å². The number of carbonyl (C=O) groups is 1. The molecule has 0 saturated heterocycles. The van der Waals surface area contributed by atoms with Gasteiger partial charge in [-0.2, -0.15) is 5.26 Å². The second-order valence-electron chi connectivity index (χ2n) is 6.77. The lowest BCUT2D eigenvalue weighted by Crippen LogP contribution is -2.35. The number of aliphatic hydroxyl groups excluding tert-OH is 1. The lowest BCUT2D eigenvalue weighted by Gasteiger charge is -2.28. The van der Waals surface area contributed by atoms with Gasteiger partial charge in [-0.05, 0) is 41.5 Å². The molecule has 30 heavy (non-hydrogen) atoms. The minimum atomic E-state index is -3.97. The minimum Gasteiger partial charge on any atom is -0.505 e. The van der Waals surface area contributed by atoms with Crippen LogP contribution in [-0.2, 0) is 10.0 Å². The fourth-order valence-corrected chi connectivity index (χ4v) is 4.83. The highest BCUT2D eigenvalue weighted by Gasteiger charge is 2.37. The molecule has 7 heteroatoms. The van der Waals surface area contributed by atoms with Gasteiger partial charge in [0.1, 0.15) is 5.70 Å². The van der Waals surface area contributed by atoms with E-state index in [0.29, 0.717) is 11.1 Å². The topological polar surface area (TPSA) is 98.5 Å². The van der Waals surface area contributed by atoms with Crippen molar-refractivity contribution < 1.29 is 18.3 Å². The molecule has 0 aliphatic carbocycles. The second-order valence-corrected chi connectivity index (χ2v) is 8.71. The zero-order chi connectivity index (χ0) is 21.5. The molecule has 0 fully saturated rings. The van der Waals surface area contributed by atoms with E-state index in [1.807, 2.05) is 6.07 Å². The summed E-state index contributed by atoms with van der Waals surface area (Å²) in [5, 5.41) is 19.8. The monoisotopic (exact) mass is 416 g/mol. The van der Waals surface area contributed by atoms with Gasteiger partial charge in [0.2, 0.25) is 5.78 Å². The third-order valence-electron chi connectivity index (χ3n) is 4.98. The molecule has 0 spiro atoms. The summed E-state index contributed by atoms with van der Waals surface area (Å²) in [5.74, 6) is -1.00. The first-order valence-corrected chi connectivity index (χ1v) is 10.5. The average Bonchev–Trinajstić information content (AvgIpc) is 2.78. The van der Waals surface area contributed by atoms with E-state index < -0.39 is 15.8 Å². The molecule has 3 aromatic carbocycles. The number of nitriles is 1. The van der Waals surface area contributed by atoms with Gasteiger partial charge in [0.15, 0.2) is 5.76 Å². The third kappa shape index (κ3) is 3.04. The van der Waals surface area contributed by atoms with Crippen LogP contribution in [0.5, 0.6) is 0 Å². The number of hydrogen-bond donors (Lipinski definition) is 1. The molecule has 3 aromatic rings. The number of sulfonamides is 1. The van der Waals surface area contributed by atoms with Crippen molar-refractivity contribution in [2.45, 2.75) is 4.90 Å². The zero-order valence-corrected chi connectivity index (χ0v) is 16.7. The maximum Gasteiger partial charge on any atom is 0.265 e. The van der Waals surface area contributed by atoms with E-state index in [4.69, 9.17) is 5.26 Å². The highest BCUT2D eigenvalue weighted by atomic mass is 32.2. The average molecular weight is 416 g/mol. The number of likely N-dealkylation sites (N-methyl/N-ethyl adjacent to an activating group) is 1. The summed E-state index contributed by atoms with van der Waals surface area (Å²) in [7, 11) is -2.72. The molecular weight excluding hydrogens is 400 g/mol. The Hall–Kier alpha value is -3.89. The molecule has 1 aliphatic heterocycles. The van der Waals surface area contributed by atoms with Crippen molar-refractivity contribution in [2.75, 3.05) is 7.05 Å². The Bertz CT molecular complexity index is 1370. The van der Waals surface area contributed by atoms with Crippen molar-refractivity contribution in [3.05, 3.63) is 95.2 Å². The van der Waals surface area contributed by atoms with Crippen molar-refractivity contribution in [1.82, 2.24) is 4.31 Å². The van der Waals surface area contributed by atoms with Crippen molar-refractivity contribution in [3.8, 4) is 17.2 Å². The Morgan fingerprint density at radius 1 is 0.967 bits per heavy atom. The highest BCUT2D eigenvalue weighted by molar-refractivity contribution is 7.89. The molecule has 4 rings (SSSR count). The summed E-state index contributed by atoms with van der Waals surface area (Å²) in [4.78, 5) is 13.2. The van der Waals surface area contributed by atoms with Gasteiger partial charge in [-0.15, -0.1) is 0 Å². The van der Waals surface area contributed by atoms with Crippen molar-refractivity contribution in [2.24, 2.45) is 0 Å². The molecule has 0 amide bonds. The van der Waals surface area contributed by atoms with Gasteiger partial charge >= 0.3 is 0 Å². The molecular formula is C23H16N2O4S. The largest absolute Gasteiger partial charge is 0.505 e. The van der Waals surface area contributed by atoms with Gasteiger partial charge < -0.3 is 5.11 Å². The van der Waals surface area contributed by atoms with Crippen LogP contribution in [0.4, 0.5) is 0 Å². The smallest absolute Gasteiger partial charge is 0.265 e. The van der Waals surface area contributed by atoms with Crippen LogP contribution in [0.25, 0.3) is 16.9 Å². The number of rotatable bonds is 3. The van der Waals surface area contributed by atoms with Gasteiger partial charge in [-0.3, -0.25) is 9.10 Å². The van der Waals surface area contributed by atoms with Crippen LogP contribution in [0, 0.1) is 11.3 Å². The molecule has 0 radical (unpaired) electrons. The lowest BCUT2D eigenvalue weighted by atomic mass is 9.98. The maximum absolute atomic E-state index is 13.2. The van der Waals surface area contributed by atoms with Crippen molar-refractivity contribution >= 4 is 21.6 Å². The highest BCUT2D eigenvalue weighted by Crippen LogP contribution is 2.36. The Morgan fingerprint density at radius 3 is 2.37 bits per heavy atom. The van der Waals surface area contributed by atoms with Crippen LogP contribution < -0.4 is 0 Å². The number of aliphatic hydroxyl groups is 1. The summed E-state index contributed by atoms with van der Waals surface area (Å²) >= 11 is 0. The van der Waals surface area contributed by atoms with E-state index >= 15 is 0 Å². The maximum atomic E-state index is 13.2. The van der Waals surface area contributed by atoms with Gasteiger partial charge in [0, 0.05) is 18.2 Å². The lowest BCUT2D eigenvalue weighted by molar-refractivity contribution is 0.101. The number of nitrogens with zero attached hydrogens (tertiary/aromatic N) is 2. The standard InChI is InChI=1S/C23H16N2O4S/c1-25-21(23(27)19-10-2-3-11-20(19)30(25,28)29)22(26)18-9-5-8-17(13-18)16-7-4-6-15(12-16)14-24/h2-13,27H,1H3. The molecule has 0 aromatic heterocycles. The number of fused-ring (bicyclic) bond motifs is 1. The van der Waals surface area contributed by atoms with E-state index in [-0.39, 0.29) is 27.5 Å². The van der Waals surface area contributed by atoms with Crippen LogP contribution in [0.1, 0.15) is 21.5 Å². The summed E-state index contributed by atoms with van der Waals surface area (Å²) in [6.07, 6.45) is 0. The van der Waals surface area contributed by atoms with E-state index in [1.165, 1.54) is 19.2 Å². The zero-order valence-electron chi connectivity index (χ0n) is 15.9.